The van der Waals surface area contributed by atoms with E-state index in [9.17, 15) is 13.2 Å². The fourth-order valence-electron chi connectivity index (χ4n) is 3.20. The average molecular weight is 403 g/mol. The molecule has 2 rings (SSSR count). The summed E-state index contributed by atoms with van der Waals surface area (Å²) in [5.74, 6) is -0.336. The molecule has 2 aromatic rings. The van der Waals surface area contributed by atoms with Gasteiger partial charge >= 0.3 is 0 Å². The highest BCUT2D eigenvalue weighted by atomic mass is 32.2. The van der Waals surface area contributed by atoms with Crippen LogP contribution in [0.3, 0.4) is 0 Å². The van der Waals surface area contributed by atoms with Gasteiger partial charge in [0.15, 0.2) is 0 Å². The van der Waals surface area contributed by atoms with Crippen LogP contribution in [0.5, 0.6) is 0 Å². The largest absolute Gasteiger partial charge is 0.326 e. The molecule has 152 valence electrons. The zero-order chi connectivity index (χ0) is 20.6. The highest BCUT2D eigenvalue weighted by molar-refractivity contribution is 7.89. The summed E-state index contributed by atoms with van der Waals surface area (Å²) in [6.45, 7) is 6.91. The van der Waals surface area contributed by atoms with Crippen LogP contribution >= 0.6 is 0 Å². The number of hydrogen-bond donors (Lipinski definition) is 1. The van der Waals surface area contributed by atoms with Crippen LogP contribution in [0.2, 0.25) is 0 Å². The van der Waals surface area contributed by atoms with E-state index in [1.54, 1.807) is 24.3 Å². The first-order valence-electron chi connectivity index (χ1n) is 9.90. The van der Waals surface area contributed by atoms with Crippen LogP contribution in [-0.4, -0.2) is 31.7 Å². The first-order valence-corrected chi connectivity index (χ1v) is 11.3. The van der Waals surface area contributed by atoms with Crippen LogP contribution in [0.4, 0.5) is 5.69 Å². The Kier molecular flexibility index (Phi) is 8.20. The lowest BCUT2D eigenvalue weighted by Gasteiger charge is -2.21. The number of sulfonamides is 1. The second-order valence-corrected chi connectivity index (χ2v) is 8.73. The van der Waals surface area contributed by atoms with Gasteiger partial charge in [0.1, 0.15) is 0 Å². The smallest absolute Gasteiger partial charge is 0.243 e. The van der Waals surface area contributed by atoms with Crippen molar-refractivity contribution in [3.63, 3.8) is 0 Å². The Labute approximate surface area is 168 Å². The topological polar surface area (TPSA) is 66.5 Å². The Hall–Kier alpha value is -2.18. The Bertz CT molecular complexity index is 843. The number of nitrogens with one attached hydrogen (secondary N) is 1. The molecule has 0 aliphatic heterocycles. The molecular formula is C22H30N2O3S. The van der Waals surface area contributed by atoms with Crippen LogP contribution in [0, 0.1) is 0 Å². The zero-order valence-corrected chi connectivity index (χ0v) is 17.7. The van der Waals surface area contributed by atoms with Gasteiger partial charge in [-0.1, -0.05) is 51.1 Å². The van der Waals surface area contributed by atoms with Crippen LogP contribution < -0.4 is 5.32 Å². The molecule has 0 spiro atoms. The van der Waals surface area contributed by atoms with Gasteiger partial charge < -0.3 is 5.32 Å². The number of hydrogen-bond acceptors (Lipinski definition) is 3. The summed E-state index contributed by atoms with van der Waals surface area (Å²) in [5.41, 5.74) is 1.56. The van der Waals surface area contributed by atoms with Gasteiger partial charge in [0, 0.05) is 18.8 Å². The molecule has 1 amide bonds. The van der Waals surface area contributed by atoms with Gasteiger partial charge in [0.25, 0.3) is 0 Å². The minimum Gasteiger partial charge on any atom is -0.326 e. The molecule has 1 atom stereocenters. The van der Waals surface area contributed by atoms with E-state index >= 15 is 0 Å². The third kappa shape index (κ3) is 5.42. The van der Waals surface area contributed by atoms with Crippen molar-refractivity contribution >= 4 is 21.6 Å². The number of carbonyl (C=O) groups is 1. The molecule has 0 aliphatic carbocycles. The van der Waals surface area contributed by atoms with E-state index in [0.29, 0.717) is 25.2 Å². The van der Waals surface area contributed by atoms with Crippen molar-refractivity contribution in [1.29, 1.82) is 0 Å². The van der Waals surface area contributed by atoms with Crippen molar-refractivity contribution < 1.29 is 13.2 Å². The first-order chi connectivity index (χ1) is 13.4. The predicted octanol–water partition coefficient (Wildman–Crippen LogP) is 4.63. The maximum atomic E-state index is 12.8. The van der Waals surface area contributed by atoms with E-state index in [-0.39, 0.29) is 16.7 Å². The van der Waals surface area contributed by atoms with Crippen molar-refractivity contribution in [3.05, 3.63) is 60.2 Å². The number of anilines is 1. The van der Waals surface area contributed by atoms with Gasteiger partial charge in [-0.05, 0) is 49.1 Å². The molecular weight excluding hydrogens is 372 g/mol. The number of amides is 1. The normalized spacial score (nSPS) is 12.7. The van der Waals surface area contributed by atoms with E-state index < -0.39 is 10.0 Å². The molecule has 6 heteroatoms. The number of rotatable bonds is 10. The lowest BCUT2D eigenvalue weighted by atomic mass is 9.95. The minimum absolute atomic E-state index is 0.0945. The average Bonchev–Trinajstić information content (AvgIpc) is 2.69. The lowest BCUT2D eigenvalue weighted by Crippen LogP contribution is -2.32. The molecule has 0 radical (unpaired) electrons. The summed E-state index contributed by atoms with van der Waals surface area (Å²) in [4.78, 5) is 12.9. The van der Waals surface area contributed by atoms with E-state index in [2.05, 4.69) is 5.32 Å². The molecule has 0 unspecified atom stereocenters. The summed E-state index contributed by atoms with van der Waals surface area (Å²) in [5, 5.41) is 2.90. The summed E-state index contributed by atoms with van der Waals surface area (Å²) in [6.07, 6.45) is 2.22. The van der Waals surface area contributed by atoms with Crippen molar-refractivity contribution in [3.8, 4) is 0 Å². The Morgan fingerprint density at radius 3 is 2.00 bits per heavy atom. The third-order valence-electron chi connectivity index (χ3n) is 4.63. The quantitative estimate of drug-likeness (QED) is 0.630. The minimum atomic E-state index is -3.51. The summed E-state index contributed by atoms with van der Waals surface area (Å²) in [6, 6.07) is 16.1. The molecule has 5 nitrogen and oxygen atoms in total. The molecule has 0 aromatic heterocycles. The molecule has 0 saturated carbocycles. The van der Waals surface area contributed by atoms with Crippen LogP contribution in [0.15, 0.2) is 59.5 Å². The fourth-order valence-corrected chi connectivity index (χ4v) is 4.82. The predicted molar refractivity (Wildman–Crippen MR) is 114 cm³/mol. The highest BCUT2D eigenvalue weighted by Gasteiger charge is 2.23. The number of benzene rings is 2. The second-order valence-electron chi connectivity index (χ2n) is 6.79. The van der Waals surface area contributed by atoms with E-state index in [4.69, 9.17) is 0 Å². The van der Waals surface area contributed by atoms with Gasteiger partial charge in [0.05, 0.1) is 10.8 Å². The van der Waals surface area contributed by atoms with Crippen LogP contribution in [-0.2, 0) is 14.8 Å². The van der Waals surface area contributed by atoms with Gasteiger partial charge in [-0.2, -0.15) is 4.31 Å². The summed E-state index contributed by atoms with van der Waals surface area (Å²) in [7, 11) is -3.51. The summed E-state index contributed by atoms with van der Waals surface area (Å²) >= 11 is 0. The van der Waals surface area contributed by atoms with E-state index in [1.165, 1.54) is 4.31 Å². The molecule has 0 saturated heterocycles. The summed E-state index contributed by atoms with van der Waals surface area (Å²) < 4.78 is 27.2. The Morgan fingerprint density at radius 2 is 1.50 bits per heavy atom. The van der Waals surface area contributed by atoms with E-state index in [1.807, 2.05) is 51.1 Å². The molecule has 0 fully saturated rings. The SMILES string of the molecule is CCCN(CCC)S(=O)(=O)c1ccc(NC(=O)[C@@H](CC)c2ccccc2)cc1. The van der Waals surface area contributed by atoms with Crippen molar-refractivity contribution in [2.45, 2.75) is 50.8 Å². The van der Waals surface area contributed by atoms with Crippen molar-refractivity contribution in [2.75, 3.05) is 18.4 Å². The molecule has 28 heavy (non-hydrogen) atoms. The molecule has 0 heterocycles. The van der Waals surface area contributed by atoms with Crippen LogP contribution in [0.1, 0.15) is 51.5 Å². The third-order valence-corrected chi connectivity index (χ3v) is 6.55. The van der Waals surface area contributed by atoms with Gasteiger partial charge in [-0.3, -0.25) is 4.79 Å². The van der Waals surface area contributed by atoms with Crippen LogP contribution in [0.25, 0.3) is 0 Å². The van der Waals surface area contributed by atoms with Gasteiger partial charge in [-0.15, -0.1) is 0 Å². The lowest BCUT2D eigenvalue weighted by molar-refractivity contribution is -0.117. The van der Waals surface area contributed by atoms with Gasteiger partial charge in [-0.25, -0.2) is 8.42 Å². The molecule has 2 aromatic carbocycles. The number of nitrogens with zero attached hydrogens (tertiary/aromatic N) is 1. The van der Waals surface area contributed by atoms with Gasteiger partial charge in [0.2, 0.25) is 15.9 Å². The first kappa shape index (κ1) is 22.1. The number of carbonyl (C=O) groups excluding carboxylic acids is 1. The van der Waals surface area contributed by atoms with Crippen molar-refractivity contribution in [1.82, 2.24) is 4.31 Å². The van der Waals surface area contributed by atoms with Crippen molar-refractivity contribution in [2.24, 2.45) is 0 Å². The maximum absolute atomic E-state index is 12.8. The monoisotopic (exact) mass is 402 g/mol. The second kappa shape index (κ2) is 10.4. The zero-order valence-electron chi connectivity index (χ0n) is 16.9. The Morgan fingerprint density at radius 1 is 0.929 bits per heavy atom. The standard InChI is InChI=1S/C22H30N2O3S/c1-4-16-24(17-5-2)28(26,27)20-14-12-19(13-15-20)23-22(25)21(6-3)18-10-8-7-9-11-18/h7-15,21H,4-6,16-17H2,1-3H3,(H,23,25)/t21-/m0/s1. The Balaban J connectivity index is 2.14. The molecule has 1 N–H and O–H groups in total. The molecule has 0 aliphatic rings. The van der Waals surface area contributed by atoms with E-state index in [0.717, 1.165) is 18.4 Å². The maximum Gasteiger partial charge on any atom is 0.243 e. The molecule has 0 bridgehead atoms. The highest BCUT2D eigenvalue weighted by Crippen LogP contribution is 2.23. The fraction of sp³-hybridized carbons (Fsp3) is 0.409.